The lowest BCUT2D eigenvalue weighted by molar-refractivity contribution is 0.102. The molecule has 1 aliphatic carbocycles. The number of carbonyl (C=O) groups is 1. The minimum Gasteiger partial charge on any atom is -0.321 e. The van der Waals surface area contributed by atoms with E-state index < -0.39 is 0 Å². The fourth-order valence-electron chi connectivity index (χ4n) is 2.97. The van der Waals surface area contributed by atoms with Crippen molar-refractivity contribution in [3.8, 4) is 0 Å². The molecule has 0 saturated heterocycles. The number of hydrogen-bond acceptors (Lipinski definition) is 2. The number of nitrogens with zero attached hydrogens (tertiary/aromatic N) is 1. The fourth-order valence-corrected chi connectivity index (χ4v) is 2.97. The molecular formula is C18H20N2O. The first-order valence-electron chi connectivity index (χ1n) is 7.65. The summed E-state index contributed by atoms with van der Waals surface area (Å²) in [5, 5.41) is 2.89. The zero-order chi connectivity index (χ0) is 14.5. The SMILES string of the molecule is O=C(Nc1ccc(C2CCCCC2)cc1)c1ccccn1. The van der Waals surface area contributed by atoms with Crippen LogP contribution in [0.15, 0.2) is 48.7 Å². The number of carbonyl (C=O) groups excluding carboxylic acids is 1. The molecule has 1 aliphatic rings. The van der Waals surface area contributed by atoms with Crippen molar-refractivity contribution >= 4 is 11.6 Å². The zero-order valence-electron chi connectivity index (χ0n) is 12.1. The van der Waals surface area contributed by atoms with Crippen LogP contribution in [-0.4, -0.2) is 10.9 Å². The highest BCUT2D eigenvalue weighted by Crippen LogP contribution is 2.32. The minimum absolute atomic E-state index is 0.166. The van der Waals surface area contributed by atoms with Gasteiger partial charge in [0, 0.05) is 11.9 Å². The summed E-state index contributed by atoms with van der Waals surface area (Å²) in [6.45, 7) is 0. The fraction of sp³-hybridized carbons (Fsp3) is 0.333. The Kier molecular flexibility index (Phi) is 4.29. The molecule has 1 N–H and O–H groups in total. The molecule has 1 saturated carbocycles. The van der Waals surface area contributed by atoms with E-state index in [4.69, 9.17) is 0 Å². The number of hydrogen-bond donors (Lipinski definition) is 1. The van der Waals surface area contributed by atoms with Gasteiger partial charge in [-0.05, 0) is 48.6 Å². The molecule has 0 radical (unpaired) electrons. The molecule has 1 aromatic carbocycles. The molecule has 1 amide bonds. The Labute approximate surface area is 125 Å². The summed E-state index contributed by atoms with van der Waals surface area (Å²) in [4.78, 5) is 16.1. The van der Waals surface area contributed by atoms with Gasteiger partial charge in [0.15, 0.2) is 0 Å². The lowest BCUT2D eigenvalue weighted by Crippen LogP contribution is -2.13. The van der Waals surface area contributed by atoms with Gasteiger partial charge in [0.1, 0.15) is 5.69 Å². The molecule has 1 heterocycles. The van der Waals surface area contributed by atoms with Crippen LogP contribution < -0.4 is 5.32 Å². The number of anilines is 1. The number of benzene rings is 1. The van der Waals surface area contributed by atoms with Crippen LogP contribution in [0.4, 0.5) is 5.69 Å². The normalized spacial score (nSPS) is 15.6. The Morgan fingerprint density at radius 2 is 1.76 bits per heavy atom. The molecule has 0 aliphatic heterocycles. The van der Waals surface area contributed by atoms with Gasteiger partial charge in [0.25, 0.3) is 5.91 Å². The van der Waals surface area contributed by atoms with Crippen LogP contribution in [0.3, 0.4) is 0 Å². The highest BCUT2D eigenvalue weighted by Gasteiger charge is 2.15. The van der Waals surface area contributed by atoms with Crippen molar-refractivity contribution in [1.29, 1.82) is 0 Å². The smallest absolute Gasteiger partial charge is 0.274 e. The molecule has 0 atom stereocenters. The average molecular weight is 280 g/mol. The van der Waals surface area contributed by atoms with Crippen molar-refractivity contribution in [3.05, 3.63) is 59.9 Å². The molecule has 2 aromatic rings. The summed E-state index contributed by atoms with van der Waals surface area (Å²) in [6, 6.07) is 13.6. The molecule has 21 heavy (non-hydrogen) atoms. The average Bonchev–Trinajstić information content (AvgIpc) is 2.57. The van der Waals surface area contributed by atoms with E-state index in [1.807, 2.05) is 18.2 Å². The van der Waals surface area contributed by atoms with Crippen molar-refractivity contribution in [3.63, 3.8) is 0 Å². The van der Waals surface area contributed by atoms with Gasteiger partial charge in [-0.3, -0.25) is 9.78 Å². The van der Waals surface area contributed by atoms with Crippen molar-refractivity contribution < 1.29 is 4.79 Å². The van der Waals surface area contributed by atoms with Crippen molar-refractivity contribution in [2.24, 2.45) is 0 Å². The van der Waals surface area contributed by atoms with Crippen LogP contribution in [0.25, 0.3) is 0 Å². The van der Waals surface area contributed by atoms with Crippen LogP contribution in [0, 0.1) is 0 Å². The molecule has 1 aromatic heterocycles. The first-order chi connectivity index (χ1) is 10.3. The molecule has 0 bridgehead atoms. The van der Waals surface area contributed by atoms with Crippen LogP contribution in [0.2, 0.25) is 0 Å². The van der Waals surface area contributed by atoms with Gasteiger partial charge >= 0.3 is 0 Å². The van der Waals surface area contributed by atoms with Crippen molar-refractivity contribution in [2.45, 2.75) is 38.0 Å². The summed E-state index contributed by atoms with van der Waals surface area (Å²) in [6.07, 6.45) is 8.25. The topological polar surface area (TPSA) is 42.0 Å². The van der Waals surface area contributed by atoms with Crippen LogP contribution in [-0.2, 0) is 0 Å². The van der Waals surface area contributed by atoms with Crippen LogP contribution in [0.1, 0.15) is 54.1 Å². The predicted octanol–water partition coefficient (Wildman–Crippen LogP) is 4.38. The standard InChI is InChI=1S/C18H20N2O/c21-18(17-8-4-5-13-19-17)20-16-11-9-15(10-12-16)14-6-2-1-3-7-14/h4-5,8-14H,1-3,6-7H2,(H,20,21). The summed E-state index contributed by atoms with van der Waals surface area (Å²) >= 11 is 0. The first-order valence-corrected chi connectivity index (χ1v) is 7.65. The molecule has 1 fully saturated rings. The van der Waals surface area contributed by atoms with Gasteiger partial charge in [0.2, 0.25) is 0 Å². The van der Waals surface area contributed by atoms with E-state index in [9.17, 15) is 4.79 Å². The zero-order valence-corrected chi connectivity index (χ0v) is 12.1. The van der Waals surface area contributed by atoms with E-state index in [1.54, 1.807) is 18.3 Å². The Bertz CT molecular complexity index is 586. The van der Waals surface area contributed by atoms with Gasteiger partial charge in [-0.1, -0.05) is 37.5 Å². The molecule has 3 heteroatoms. The Morgan fingerprint density at radius 1 is 1.00 bits per heavy atom. The maximum atomic E-state index is 12.0. The second-order valence-electron chi connectivity index (χ2n) is 5.63. The van der Waals surface area contributed by atoms with Gasteiger partial charge in [-0.25, -0.2) is 0 Å². The second-order valence-corrected chi connectivity index (χ2v) is 5.63. The Hall–Kier alpha value is -2.16. The number of aromatic nitrogens is 1. The predicted molar refractivity (Wildman–Crippen MR) is 84.5 cm³/mol. The summed E-state index contributed by atoms with van der Waals surface area (Å²) in [7, 11) is 0. The number of rotatable bonds is 3. The molecule has 108 valence electrons. The lowest BCUT2D eigenvalue weighted by Gasteiger charge is -2.22. The first kappa shape index (κ1) is 13.8. The van der Waals surface area contributed by atoms with Crippen molar-refractivity contribution in [2.75, 3.05) is 5.32 Å². The summed E-state index contributed by atoms with van der Waals surface area (Å²) in [5.41, 5.74) is 2.66. The summed E-state index contributed by atoms with van der Waals surface area (Å²) in [5.74, 6) is 0.528. The maximum absolute atomic E-state index is 12.0. The highest BCUT2D eigenvalue weighted by atomic mass is 16.1. The third-order valence-corrected chi connectivity index (χ3v) is 4.14. The molecular weight excluding hydrogens is 260 g/mol. The van der Waals surface area contributed by atoms with Gasteiger partial charge in [0.05, 0.1) is 0 Å². The second kappa shape index (κ2) is 6.53. The van der Waals surface area contributed by atoms with E-state index >= 15 is 0 Å². The third kappa shape index (κ3) is 3.48. The molecule has 3 nitrogen and oxygen atoms in total. The van der Waals surface area contributed by atoms with Crippen LogP contribution >= 0.6 is 0 Å². The van der Waals surface area contributed by atoms with Gasteiger partial charge in [-0.2, -0.15) is 0 Å². The lowest BCUT2D eigenvalue weighted by atomic mass is 9.84. The monoisotopic (exact) mass is 280 g/mol. The number of pyridine rings is 1. The van der Waals surface area contributed by atoms with Gasteiger partial charge in [-0.15, -0.1) is 0 Å². The number of nitrogens with one attached hydrogen (secondary N) is 1. The molecule has 3 rings (SSSR count). The summed E-state index contributed by atoms with van der Waals surface area (Å²) < 4.78 is 0. The molecule has 0 unspecified atom stereocenters. The maximum Gasteiger partial charge on any atom is 0.274 e. The Balaban J connectivity index is 1.65. The quantitative estimate of drug-likeness (QED) is 0.906. The van der Waals surface area contributed by atoms with E-state index in [0.29, 0.717) is 11.6 Å². The molecule has 0 spiro atoms. The Morgan fingerprint density at radius 3 is 2.43 bits per heavy atom. The minimum atomic E-state index is -0.166. The van der Waals surface area contributed by atoms with Crippen molar-refractivity contribution in [1.82, 2.24) is 4.98 Å². The van der Waals surface area contributed by atoms with E-state index in [0.717, 1.165) is 5.69 Å². The van der Waals surface area contributed by atoms with Crippen LogP contribution in [0.5, 0.6) is 0 Å². The highest BCUT2D eigenvalue weighted by molar-refractivity contribution is 6.02. The number of amides is 1. The van der Waals surface area contributed by atoms with E-state index in [2.05, 4.69) is 22.4 Å². The largest absolute Gasteiger partial charge is 0.321 e. The van der Waals surface area contributed by atoms with E-state index in [-0.39, 0.29) is 5.91 Å². The van der Waals surface area contributed by atoms with Gasteiger partial charge < -0.3 is 5.32 Å². The third-order valence-electron chi connectivity index (χ3n) is 4.14. The van der Waals surface area contributed by atoms with E-state index in [1.165, 1.54) is 37.7 Å².